The van der Waals surface area contributed by atoms with Gasteiger partial charge in [0, 0.05) is 55.5 Å². The van der Waals surface area contributed by atoms with Gasteiger partial charge in [-0.05, 0) is 31.4 Å². The van der Waals surface area contributed by atoms with Gasteiger partial charge in [0.15, 0.2) is 5.82 Å². The summed E-state index contributed by atoms with van der Waals surface area (Å²) in [5.41, 5.74) is 1.86. The molecule has 1 aliphatic heterocycles. The Labute approximate surface area is 178 Å². The minimum Gasteiger partial charge on any atom is -0.365 e. The molecular weight excluding hydrogens is 402 g/mol. The summed E-state index contributed by atoms with van der Waals surface area (Å²) >= 11 is 1.67. The molecule has 0 amide bonds. The molecule has 3 aromatic rings. The van der Waals surface area contributed by atoms with Gasteiger partial charge in [-0.3, -0.25) is 14.9 Å². The summed E-state index contributed by atoms with van der Waals surface area (Å²) in [6.45, 7) is 3.52. The average molecular weight is 426 g/mol. The van der Waals surface area contributed by atoms with Gasteiger partial charge in [0.05, 0.1) is 15.6 Å². The fourth-order valence-electron chi connectivity index (χ4n) is 3.86. The normalized spacial score (nSPS) is 16.6. The van der Waals surface area contributed by atoms with E-state index in [4.69, 9.17) is 4.98 Å². The van der Waals surface area contributed by atoms with Crippen molar-refractivity contribution in [2.75, 3.05) is 18.0 Å². The Kier molecular flexibility index (Phi) is 5.63. The number of rotatable bonds is 6. The zero-order valence-corrected chi connectivity index (χ0v) is 17.8. The third-order valence-corrected chi connectivity index (χ3v) is 6.56. The number of hydrogen-bond acceptors (Lipinski definition) is 7. The molecule has 156 valence electrons. The number of carbonyl (C=O) groups is 1. The monoisotopic (exact) mass is 425 g/mol. The van der Waals surface area contributed by atoms with E-state index < -0.39 is 4.92 Å². The number of anilines is 1. The van der Waals surface area contributed by atoms with Crippen molar-refractivity contribution in [1.29, 1.82) is 0 Å². The van der Waals surface area contributed by atoms with Gasteiger partial charge in [0.1, 0.15) is 5.69 Å². The summed E-state index contributed by atoms with van der Waals surface area (Å²) in [7, 11) is 1.72. The topological polar surface area (TPSA) is 94.2 Å². The van der Waals surface area contributed by atoms with E-state index in [9.17, 15) is 14.9 Å². The molecule has 1 saturated heterocycles. The lowest BCUT2D eigenvalue weighted by molar-refractivity contribution is -0.384. The predicted octanol–water partition coefficient (Wildman–Crippen LogP) is 3.96. The van der Waals surface area contributed by atoms with Crippen LogP contribution in [0.25, 0.3) is 0 Å². The SMILES string of the molecule is CCc1csc(C2CCCN(c3ccc(C(=O)c4nccn4C)cc3[N+](=O)[O-])C2)n1. The van der Waals surface area contributed by atoms with Crippen LogP contribution in [-0.2, 0) is 13.5 Å². The number of hydrogen-bond donors (Lipinski definition) is 0. The minimum atomic E-state index is -0.410. The molecule has 0 aliphatic carbocycles. The fraction of sp³-hybridized carbons (Fsp3) is 0.381. The minimum absolute atomic E-state index is 0.0518. The first-order valence-corrected chi connectivity index (χ1v) is 10.9. The molecule has 1 aliphatic rings. The van der Waals surface area contributed by atoms with E-state index in [2.05, 4.69) is 17.3 Å². The maximum absolute atomic E-state index is 12.7. The molecule has 1 aromatic carbocycles. The third kappa shape index (κ3) is 3.85. The quantitative estimate of drug-likeness (QED) is 0.337. The number of nitrogens with zero attached hydrogens (tertiary/aromatic N) is 5. The van der Waals surface area contributed by atoms with Gasteiger partial charge < -0.3 is 9.47 Å². The highest BCUT2D eigenvalue weighted by atomic mass is 32.1. The van der Waals surface area contributed by atoms with Crippen molar-refractivity contribution in [1.82, 2.24) is 14.5 Å². The summed E-state index contributed by atoms with van der Waals surface area (Å²) in [4.78, 5) is 35.0. The van der Waals surface area contributed by atoms with Gasteiger partial charge in [-0.1, -0.05) is 6.92 Å². The van der Waals surface area contributed by atoms with Gasteiger partial charge in [-0.25, -0.2) is 9.97 Å². The van der Waals surface area contributed by atoms with Crippen molar-refractivity contribution in [3.8, 4) is 0 Å². The first kappa shape index (κ1) is 20.2. The molecule has 1 fully saturated rings. The number of ketones is 1. The lowest BCUT2D eigenvalue weighted by atomic mass is 9.97. The van der Waals surface area contributed by atoms with E-state index in [1.807, 2.05) is 4.90 Å². The van der Waals surface area contributed by atoms with Crippen LogP contribution in [0.15, 0.2) is 36.0 Å². The average Bonchev–Trinajstić information content (AvgIpc) is 3.42. The van der Waals surface area contributed by atoms with E-state index in [-0.39, 0.29) is 28.8 Å². The molecule has 0 bridgehead atoms. The van der Waals surface area contributed by atoms with Crippen LogP contribution < -0.4 is 4.90 Å². The van der Waals surface area contributed by atoms with E-state index in [0.29, 0.717) is 12.2 Å². The van der Waals surface area contributed by atoms with Gasteiger partial charge in [0.2, 0.25) is 5.78 Å². The van der Waals surface area contributed by atoms with Crippen LogP contribution >= 0.6 is 11.3 Å². The lowest BCUT2D eigenvalue weighted by Crippen LogP contribution is -2.34. The Morgan fingerprint density at radius 1 is 1.40 bits per heavy atom. The molecule has 0 saturated carbocycles. The Hall–Kier alpha value is -3.07. The highest BCUT2D eigenvalue weighted by molar-refractivity contribution is 7.09. The van der Waals surface area contributed by atoms with E-state index >= 15 is 0 Å². The molecule has 0 N–H and O–H groups in total. The number of benzene rings is 1. The first-order valence-electron chi connectivity index (χ1n) is 9.97. The fourth-order valence-corrected chi connectivity index (χ4v) is 4.89. The summed E-state index contributed by atoms with van der Waals surface area (Å²) in [6.07, 6.45) is 6.08. The number of aryl methyl sites for hydroxylation is 2. The zero-order valence-electron chi connectivity index (χ0n) is 16.9. The predicted molar refractivity (Wildman–Crippen MR) is 115 cm³/mol. The van der Waals surface area contributed by atoms with Crippen molar-refractivity contribution >= 4 is 28.5 Å². The summed E-state index contributed by atoms with van der Waals surface area (Å²) in [5, 5.41) is 15.0. The maximum atomic E-state index is 12.7. The Morgan fingerprint density at radius 2 is 2.23 bits per heavy atom. The van der Waals surface area contributed by atoms with Crippen molar-refractivity contribution in [2.24, 2.45) is 7.05 Å². The van der Waals surface area contributed by atoms with Crippen molar-refractivity contribution in [3.05, 3.63) is 68.2 Å². The Balaban J connectivity index is 1.62. The molecule has 0 spiro atoms. The summed E-state index contributed by atoms with van der Waals surface area (Å²) in [6, 6.07) is 4.71. The summed E-state index contributed by atoms with van der Waals surface area (Å²) in [5.74, 6) is 0.187. The van der Waals surface area contributed by atoms with Crippen molar-refractivity contribution in [2.45, 2.75) is 32.1 Å². The molecule has 1 unspecified atom stereocenters. The second kappa shape index (κ2) is 8.35. The number of nitro benzene ring substituents is 1. The number of aromatic nitrogens is 3. The van der Waals surface area contributed by atoms with E-state index in [1.165, 1.54) is 12.3 Å². The second-order valence-corrected chi connectivity index (χ2v) is 8.36. The van der Waals surface area contributed by atoms with Gasteiger partial charge >= 0.3 is 0 Å². The Bertz CT molecular complexity index is 1090. The highest BCUT2D eigenvalue weighted by Gasteiger charge is 2.29. The van der Waals surface area contributed by atoms with Gasteiger partial charge in [0.25, 0.3) is 5.69 Å². The lowest BCUT2D eigenvalue weighted by Gasteiger charge is -2.33. The number of carbonyl (C=O) groups excluding carboxylic acids is 1. The number of piperidine rings is 1. The molecule has 1 atom stereocenters. The molecule has 4 rings (SSSR count). The van der Waals surface area contributed by atoms with Crippen LogP contribution in [0.1, 0.15) is 52.6 Å². The second-order valence-electron chi connectivity index (χ2n) is 7.47. The molecule has 8 nitrogen and oxygen atoms in total. The molecule has 0 radical (unpaired) electrons. The number of nitro groups is 1. The molecule has 30 heavy (non-hydrogen) atoms. The van der Waals surface area contributed by atoms with Crippen molar-refractivity contribution < 1.29 is 9.72 Å². The molecule has 2 aromatic heterocycles. The number of thiazole rings is 1. The zero-order chi connectivity index (χ0) is 21.3. The van der Waals surface area contributed by atoms with Crippen LogP contribution in [0.2, 0.25) is 0 Å². The maximum Gasteiger partial charge on any atom is 0.293 e. The summed E-state index contributed by atoms with van der Waals surface area (Å²) < 4.78 is 1.61. The molecule has 3 heterocycles. The largest absolute Gasteiger partial charge is 0.365 e. The highest BCUT2D eigenvalue weighted by Crippen LogP contribution is 2.36. The van der Waals surface area contributed by atoms with Crippen LogP contribution in [0.5, 0.6) is 0 Å². The van der Waals surface area contributed by atoms with Crippen LogP contribution in [0.4, 0.5) is 11.4 Å². The van der Waals surface area contributed by atoms with E-state index in [0.717, 1.165) is 36.5 Å². The Morgan fingerprint density at radius 3 is 2.90 bits per heavy atom. The van der Waals surface area contributed by atoms with E-state index in [1.54, 1.807) is 41.3 Å². The molecule has 9 heteroatoms. The number of imidazole rings is 1. The molecular formula is C21H23N5O3S. The first-order chi connectivity index (χ1) is 14.5. The smallest absolute Gasteiger partial charge is 0.293 e. The van der Waals surface area contributed by atoms with Gasteiger partial charge in [-0.2, -0.15) is 0 Å². The van der Waals surface area contributed by atoms with Crippen LogP contribution in [-0.4, -0.2) is 38.3 Å². The van der Waals surface area contributed by atoms with Crippen LogP contribution in [0, 0.1) is 10.1 Å². The van der Waals surface area contributed by atoms with Gasteiger partial charge in [-0.15, -0.1) is 11.3 Å². The van der Waals surface area contributed by atoms with Crippen LogP contribution in [0.3, 0.4) is 0 Å². The standard InChI is InChI=1S/C21H23N5O3S/c1-3-16-13-30-21(23-16)15-5-4-9-25(12-15)17-7-6-14(11-18(17)26(28)29)19(27)20-22-8-10-24(20)2/h6-8,10-11,13,15H,3-5,9,12H2,1-2H3. The third-order valence-electron chi connectivity index (χ3n) is 5.50. The van der Waals surface area contributed by atoms with Crippen molar-refractivity contribution in [3.63, 3.8) is 0 Å².